The van der Waals surface area contributed by atoms with Crippen molar-refractivity contribution < 1.29 is 9.47 Å². The molecular weight excluding hydrogens is 394 g/mol. The van der Waals surface area contributed by atoms with Crippen molar-refractivity contribution in [2.75, 3.05) is 13.7 Å². The van der Waals surface area contributed by atoms with Gasteiger partial charge in [-0.25, -0.2) is 4.98 Å². The molecule has 0 aliphatic heterocycles. The number of aromatic nitrogens is 2. The Morgan fingerprint density at radius 1 is 1.35 bits per heavy atom. The molecule has 0 aliphatic rings. The molecule has 6 heteroatoms. The third-order valence-electron chi connectivity index (χ3n) is 3.86. The summed E-state index contributed by atoms with van der Waals surface area (Å²) in [7, 11) is 1.59. The van der Waals surface area contributed by atoms with Crippen molar-refractivity contribution in [3.63, 3.8) is 0 Å². The largest absolute Gasteiger partial charge is 0.493 e. The first kappa shape index (κ1) is 18.0. The molecule has 3 aromatic rings. The summed E-state index contributed by atoms with van der Waals surface area (Å²) in [5.41, 5.74) is 4.13. The van der Waals surface area contributed by atoms with Crippen LogP contribution in [0.5, 0.6) is 11.5 Å². The summed E-state index contributed by atoms with van der Waals surface area (Å²) in [4.78, 5) is 7.73. The number of hydrogen-bond donors (Lipinski definition) is 1. The molecule has 1 N–H and O–H groups in total. The number of benzene rings is 2. The van der Waals surface area contributed by atoms with Crippen LogP contribution in [0.1, 0.15) is 23.9 Å². The summed E-state index contributed by atoms with van der Waals surface area (Å²) >= 11 is 3.50. The van der Waals surface area contributed by atoms with Crippen molar-refractivity contribution in [1.82, 2.24) is 9.97 Å². The molecule has 0 bridgehead atoms. The minimum atomic E-state index is 0.442. The highest BCUT2D eigenvalue weighted by atomic mass is 79.9. The minimum absolute atomic E-state index is 0.442. The predicted octanol–water partition coefficient (Wildman–Crippen LogP) is 5.11. The second-order valence-corrected chi connectivity index (χ2v) is 6.60. The molecule has 132 valence electrons. The molecule has 0 amide bonds. The maximum absolute atomic E-state index is 9.61. The molecule has 0 saturated carbocycles. The molecule has 1 heterocycles. The van der Waals surface area contributed by atoms with Gasteiger partial charge in [-0.3, -0.25) is 0 Å². The van der Waals surface area contributed by atoms with E-state index in [0.717, 1.165) is 26.6 Å². The van der Waals surface area contributed by atoms with Crippen LogP contribution in [-0.2, 0) is 0 Å². The van der Waals surface area contributed by atoms with Gasteiger partial charge in [-0.2, -0.15) is 5.26 Å². The Bertz CT molecular complexity index is 1030. The zero-order valence-corrected chi connectivity index (χ0v) is 16.3. The highest BCUT2D eigenvalue weighted by Crippen LogP contribution is 2.37. The van der Waals surface area contributed by atoms with Gasteiger partial charge in [0.2, 0.25) is 0 Å². The Labute approximate surface area is 160 Å². The van der Waals surface area contributed by atoms with Crippen LogP contribution >= 0.6 is 15.9 Å². The van der Waals surface area contributed by atoms with Crippen LogP contribution in [0.15, 0.2) is 34.8 Å². The van der Waals surface area contributed by atoms with Crippen LogP contribution in [0.2, 0.25) is 0 Å². The fraction of sp³-hybridized carbons (Fsp3) is 0.200. The fourth-order valence-electron chi connectivity index (χ4n) is 2.68. The molecule has 0 spiro atoms. The number of fused-ring (bicyclic) bond motifs is 1. The van der Waals surface area contributed by atoms with Gasteiger partial charge in [0.25, 0.3) is 0 Å². The monoisotopic (exact) mass is 411 g/mol. The van der Waals surface area contributed by atoms with Crippen molar-refractivity contribution in [2.45, 2.75) is 13.8 Å². The second kappa shape index (κ2) is 7.63. The van der Waals surface area contributed by atoms with E-state index in [9.17, 15) is 5.26 Å². The van der Waals surface area contributed by atoms with Crippen molar-refractivity contribution in [3.8, 4) is 17.6 Å². The molecule has 0 fully saturated rings. The van der Waals surface area contributed by atoms with E-state index in [4.69, 9.17) is 9.47 Å². The standard InChI is InChI=1S/C20H18BrN3O2/c1-4-26-19-15(21)9-13(10-18(19)25-3)8-14(11-22)20-23-16-6-5-12(2)7-17(16)24-20/h5-10H,4H2,1-3H3,(H,23,24). The smallest absolute Gasteiger partial charge is 0.175 e. The summed E-state index contributed by atoms with van der Waals surface area (Å²) in [6.45, 7) is 4.47. The van der Waals surface area contributed by atoms with Gasteiger partial charge in [-0.1, -0.05) is 6.07 Å². The lowest BCUT2D eigenvalue weighted by Crippen LogP contribution is -1.97. The number of hydrogen-bond acceptors (Lipinski definition) is 4. The topological polar surface area (TPSA) is 70.9 Å². The number of allylic oxidation sites excluding steroid dienone is 1. The predicted molar refractivity (Wildman–Crippen MR) is 106 cm³/mol. The molecule has 26 heavy (non-hydrogen) atoms. The number of methoxy groups -OCH3 is 1. The minimum Gasteiger partial charge on any atom is -0.493 e. The van der Waals surface area contributed by atoms with Gasteiger partial charge in [-0.05, 0) is 71.2 Å². The Morgan fingerprint density at radius 3 is 2.85 bits per heavy atom. The number of aromatic amines is 1. The number of imidazole rings is 1. The van der Waals surface area contributed by atoms with E-state index < -0.39 is 0 Å². The Kier molecular flexibility index (Phi) is 5.29. The average molecular weight is 412 g/mol. The van der Waals surface area contributed by atoms with Crippen molar-refractivity contribution in [2.24, 2.45) is 0 Å². The SMILES string of the molecule is CCOc1c(Br)cc(C=C(C#N)c2nc3ccc(C)cc3[nH]2)cc1OC. The van der Waals surface area contributed by atoms with Crippen LogP contribution in [0.25, 0.3) is 22.7 Å². The van der Waals surface area contributed by atoms with E-state index in [1.54, 1.807) is 13.2 Å². The quantitative estimate of drug-likeness (QED) is 0.592. The second-order valence-electron chi connectivity index (χ2n) is 5.74. The first-order chi connectivity index (χ1) is 12.5. The molecule has 0 atom stereocenters. The summed E-state index contributed by atoms with van der Waals surface area (Å²) in [5, 5.41) is 9.61. The van der Waals surface area contributed by atoms with Crippen molar-refractivity contribution in [1.29, 1.82) is 5.26 Å². The maximum atomic E-state index is 9.61. The third-order valence-corrected chi connectivity index (χ3v) is 4.45. The number of nitriles is 1. The fourth-order valence-corrected chi connectivity index (χ4v) is 3.25. The summed E-state index contributed by atoms with van der Waals surface area (Å²) in [6, 6.07) is 11.9. The average Bonchev–Trinajstić information content (AvgIpc) is 3.04. The lowest BCUT2D eigenvalue weighted by atomic mass is 10.1. The number of nitrogens with zero attached hydrogens (tertiary/aromatic N) is 2. The number of nitrogens with one attached hydrogen (secondary N) is 1. The van der Waals surface area contributed by atoms with Gasteiger partial charge in [0.15, 0.2) is 11.5 Å². The van der Waals surface area contributed by atoms with Gasteiger partial charge in [0.05, 0.1) is 34.8 Å². The van der Waals surface area contributed by atoms with Gasteiger partial charge >= 0.3 is 0 Å². The summed E-state index contributed by atoms with van der Waals surface area (Å²) < 4.78 is 11.8. The molecule has 3 rings (SSSR count). The summed E-state index contributed by atoms with van der Waals surface area (Å²) in [6.07, 6.45) is 1.77. The molecule has 1 aromatic heterocycles. The molecule has 0 saturated heterocycles. The van der Waals surface area contributed by atoms with Crippen LogP contribution < -0.4 is 9.47 Å². The normalized spacial score (nSPS) is 11.4. The van der Waals surface area contributed by atoms with E-state index in [0.29, 0.717) is 29.5 Å². The van der Waals surface area contributed by atoms with Gasteiger partial charge < -0.3 is 14.5 Å². The number of aryl methyl sites for hydroxylation is 1. The van der Waals surface area contributed by atoms with Crippen LogP contribution in [0.3, 0.4) is 0 Å². The highest BCUT2D eigenvalue weighted by Gasteiger charge is 2.13. The molecule has 0 unspecified atom stereocenters. The zero-order valence-electron chi connectivity index (χ0n) is 14.8. The molecule has 2 aromatic carbocycles. The number of ether oxygens (including phenoxy) is 2. The van der Waals surface area contributed by atoms with E-state index in [2.05, 4.69) is 32.0 Å². The lowest BCUT2D eigenvalue weighted by molar-refractivity contribution is 0.309. The van der Waals surface area contributed by atoms with Crippen LogP contribution in [0, 0.1) is 18.3 Å². The van der Waals surface area contributed by atoms with Crippen molar-refractivity contribution >= 4 is 38.6 Å². The third kappa shape index (κ3) is 3.58. The van der Waals surface area contributed by atoms with Gasteiger partial charge in [-0.15, -0.1) is 0 Å². The zero-order chi connectivity index (χ0) is 18.7. The van der Waals surface area contributed by atoms with E-state index in [1.165, 1.54) is 0 Å². The Balaban J connectivity index is 2.05. The number of H-pyrrole nitrogens is 1. The molecule has 5 nitrogen and oxygen atoms in total. The summed E-state index contributed by atoms with van der Waals surface area (Å²) in [5.74, 6) is 1.78. The number of rotatable bonds is 5. The lowest BCUT2D eigenvalue weighted by Gasteiger charge is -2.12. The highest BCUT2D eigenvalue weighted by molar-refractivity contribution is 9.10. The first-order valence-electron chi connectivity index (χ1n) is 8.14. The van der Waals surface area contributed by atoms with Gasteiger partial charge in [0, 0.05) is 0 Å². The molecular formula is C20H18BrN3O2. The van der Waals surface area contributed by atoms with Crippen molar-refractivity contribution in [3.05, 3.63) is 51.8 Å². The Morgan fingerprint density at radius 2 is 2.15 bits per heavy atom. The van der Waals surface area contributed by atoms with Crippen LogP contribution in [-0.4, -0.2) is 23.7 Å². The van der Waals surface area contributed by atoms with Gasteiger partial charge in [0.1, 0.15) is 11.9 Å². The van der Waals surface area contributed by atoms with Crippen LogP contribution in [0.4, 0.5) is 0 Å². The maximum Gasteiger partial charge on any atom is 0.175 e. The van der Waals surface area contributed by atoms with E-state index in [-0.39, 0.29) is 0 Å². The molecule has 0 aliphatic carbocycles. The first-order valence-corrected chi connectivity index (χ1v) is 8.94. The number of halogens is 1. The van der Waals surface area contributed by atoms with E-state index >= 15 is 0 Å². The van der Waals surface area contributed by atoms with E-state index in [1.807, 2.05) is 44.2 Å². The Hall–Kier alpha value is -2.78. The molecule has 0 radical (unpaired) electrons.